The summed E-state index contributed by atoms with van der Waals surface area (Å²) in [7, 11) is 0. The van der Waals surface area contributed by atoms with Crippen molar-refractivity contribution in [2.75, 3.05) is 11.9 Å². The number of aliphatic hydroxyl groups excluding tert-OH is 1. The lowest BCUT2D eigenvalue weighted by Crippen LogP contribution is -2.30. The van der Waals surface area contributed by atoms with Crippen molar-refractivity contribution in [2.24, 2.45) is 0 Å². The van der Waals surface area contributed by atoms with E-state index in [0.29, 0.717) is 35.4 Å². The molecule has 3 aromatic rings. The van der Waals surface area contributed by atoms with Gasteiger partial charge in [0, 0.05) is 35.1 Å². The summed E-state index contributed by atoms with van der Waals surface area (Å²) in [5.41, 5.74) is 0.936. The molecule has 0 amide bonds. The predicted octanol–water partition coefficient (Wildman–Crippen LogP) is 3.45. The molecular weight excluding hydrogens is 368 g/mol. The highest BCUT2D eigenvalue weighted by Crippen LogP contribution is 2.32. The van der Waals surface area contributed by atoms with E-state index in [0.717, 1.165) is 49.3 Å². The maximum absolute atomic E-state index is 13.5. The van der Waals surface area contributed by atoms with Crippen LogP contribution < -0.4 is 10.9 Å². The summed E-state index contributed by atoms with van der Waals surface area (Å²) < 4.78 is 1.75. The number of hydrogen-bond donors (Lipinski definition) is 2. The largest absolute Gasteiger partial charge is 0.393 e. The number of nitrogens with zero attached hydrogens (tertiary/aromatic N) is 3. The summed E-state index contributed by atoms with van der Waals surface area (Å²) in [4.78, 5) is 33.9. The van der Waals surface area contributed by atoms with Crippen molar-refractivity contribution >= 4 is 34.0 Å². The van der Waals surface area contributed by atoms with E-state index in [2.05, 4.69) is 17.2 Å². The summed E-state index contributed by atoms with van der Waals surface area (Å²) >= 11 is 0. The minimum atomic E-state index is -0.309. The Morgan fingerprint density at radius 2 is 2.00 bits per heavy atom. The van der Waals surface area contributed by atoms with Gasteiger partial charge in [-0.2, -0.15) is 4.98 Å². The molecule has 4 rings (SSSR count). The van der Waals surface area contributed by atoms with Gasteiger partial charge in [0.15, 0.2) is 0 Å². The standard InChI is InChI=1S/C22H26N4O3/c1-2-3-10-23-22-24-12-19-17-9-4-14(13-27)11-18(17)21(29)26(20(19)25-22)15-5-7-16(28)8-6-15/h4,9,11-13,15-16,28H,2-3,5-8,10H2,1H3,(H,23,24,25)/t15-,16-. The maximum atomic E-state index is 13.5. The number of aliphatic hydroxyl groups is 1. The van der Waals surface area contributed by atoms with Crippen LogP contribution in [0, 0.1) is 0 Å². The zero-order chi connectivity index (χ0) is 20.4. The van der Waals surface area contributed by atoms with E-state index >= 15 is 0 Å². The van der Waals surface area contributed by atoms with Gasteiger partial charge in [-0.3, -0.25) is 14.2 Å². The fourth-order valence-electron chi connectivity index (χ4n) is 4.14. The number of anilines is 1. The Morgan fingerprint density at radius 3 is 2.72 bits per heavy atom. The lowest BCUT2D eigenvalue weighted by Gasteiger charge is -2.28. The molecule has 0 bridgehead atoms. The van der Waals surface area contributed by atoms with Crippen LogP contribution >= 0.6 is 0 Å². The van der Waals surface area contributed by atoms with Gasteiger partial charge in [0.05, 0.1) is 6.10 Å². The third-order valence-corrected chi connectivity index (χ3v) is 5.76. The lowest BCUT2D eigenvalue weighted by atomic mass is 9.92. The van der Waals surface area contributed by atoms with Gasteiger partial charge < -0.3 is 10.4 Å². The summed E-state index contributed by atoms with van der Waals surface area (Å²) in [5.74, 6) is 0.513. The molecular formula is C22H26N4O3. The Kier molecular flexibility index (Phi) is 5.58. The average molecular weight is 394 g/mol. The molecule has 2 aromatic heterocycles. The van der Waals surface area contributed by atoms with Gasteiger partial charge >= 0.3 is 0 Å². The summed E-state index contributed by atoms with van der Waals surface area (Å²) in [6, 6.07) is 5.12. The third kappa shape index (κ3) is 3.74. The van der Waals surface area contributed by atoms with Gasteiger partial charge in [-0.15, -0.1) is 0 Å². The molecule has 29 heavy (non-hydrogen) atoms. The molecule has 0 radical (unpaired) electrons. The van der Waals surface area contributed by atoms with E-state index in [-0.39, 0.29) is 17.7 Å². The second-order valence-corrected chi connectivity index (χ2v) is 7.77. The number of unbranched alkanes of at least 4 members (excludes halogenated alkanes) is 1. The molecule has 152 valence electrons. The van der Waals surface area contributed by atoms with Crippen LogP contribution in [0.2, 0.25) is 0 Å². The fraction of sp³-hybridized carbons (Fsp3) is 0.455. The topological polar surface area (TPSA) is 97.1 Å². The third-order valence-electron chi connectivity index (χ3n) is 5.76. The molecule has 0 unspecified atom stereocenters. The quantitative estimate of drug-likeness (QED) is 0.378. The molecule has 0 atom stereocenters. The lowest BCUT2D eigenvalue weighted by molar-refractivity contribution is 0.110. The number of rotatable bonds is 6. The van der Waals surface area contributed by atoms with Crippen molar-refractivity contribution < 1.29 is 9.90 Å². The molecule has 0 aliphatic heterocycles. The van der Waals surface area contributed by atoms with E-state index in [9.17, 15) is 14.7 Å². The van der Waals surface area contributed by atoms with Gasteiger partial charge in [-0.25, -0.2) is 4.98 Å². The van der Waals surface area contributed by atoms with Crippen LogP contribution in [-0.4, -0.2) is 38.6 Å². The smallest absolute Gasteiger partial charge is 0.260 e. The second-order valence-electron chi connectivity index (χ2n) is 7.77. The molecule has 0 spiro atoms. The van der Waals surface area contributed by atoms with Gasteiger partial charge in [-0.1, -0.05) is 25.5 Å². The van der Waals surface area contributed by atoms with Crippen LogP contribution in [0.5, 0.6) is 0 Å². The molecule has 2 heterocycles. The highest BCUT2D eigenvalue weighted by atomic mass is 16.3. The van der Waals surface area contributed by atoms with Gasteiger partial charge in [0.25, 0.3) is 5.56 Å². The SMILES string of the molecule is CCCCNc1ncc2c3ccc(C=O)cc3c(=O)n([C@H]3CC[C@H](O)CC3)c2n1. The van der Waals surface area contributed by atoms with Crippen LogP contribution in [0.1, 0.15) is 61.8 Å². The number of hydrogen-bond acceptors (Lipinski definition) is 6. The number of pyridine rings is 1. The first-order chi connectivity index (χ1) is 14.1. The number of nitrogens with one attached hydrogen (secondary N) is 1. The Labute approximate surface area is 168 Å². The molecule has 1 aliphatic rings. The van der Waals surface area contributed by atoms with Crippen molar-refractivity contribution in [1.29, 1.82) is 0 Å². The van der Waals surface area contributed by atoms with Crippen LogP contribution in [0.3, 0.4) is 0 Å². The predicted molar refractivity (Wildman–Crippen MR) is 114 cm³/mol. The molecule has 1 aromatic carbocycles. The van der Waals surface area contributed by atoms with Crippen LogP contribution in [0.15, 0.2) is 29.2 Å². The number of aldehydes is 1. The Morgan fingerprint density at radius 1 is 1.21 bits per heavy atom. The molecule has 7 nitrogen and oxygen atoms in total. The first kappa shape index (κ1) is 19.5. The van der Waals surface area contributed by atoms with Crippen molar-refractivity contribution in [1.82, 2.24) is 14.5 Å². The van der Waals surface area contributed by atoms with Gasteiger partial charge in [-0.05, 0) is 43.6 Å². The Hall–Kier alpha value is -2.80. The maximum Gasteiger partial charge on any atom is 0.260 e. The zero-order valence-electron chi connectivity index (χ0n) is 16.6. The van der Waals surface area contributed by atoms with E-state index in [4.69, 9.17) is 4.98 Å². The summed E-state index contributed by atoms with van der Waals surface area (Å²) in [5, 5.41) is 15.2. The first-order valence-corrected chi connectivity index (χ1v) is 10.3. The van der Waals surface area contributed by atoms with E-state index in [1.54, 1.807) is 29.0 Å². The monoisotopic (exact) mass is 394 g/mol. The van der Waals surface area contributed by atoms with E-state index in [1.165, 1.54) is 0 Å². The number of benzene rings is 1. The molecule has 1 aliphatic carbocycles. The minimum absolute atomic E-state index is 0.0314. The molecule has 1 saturated carbocycles. The highest BCUT2D eigenvalue weighted by molar-refractivity contribution is 6.05. The summed E-state index contributed by atoms with van der Waals surface area (Å²) in [6.45, 7) is 2.90. The molecule has 0 saturated heterocycles. The normalized spacial score (nSPS) is 19.5. The zero-order valence-corrected chi connectivity index (χ0v) is 16.6. The molecule has 1 fully saturated rings. The minimum Gasteiger partial charge on any atom is -0.393 e. The van der Waals surface area contributed by atoms with Crippen LogP contribution in [0.25, 0.3) is 21.8 Å². The van der Waals surface area contributed by atoms with Crippen LogP contribution in [-0.2, 0) is 0 Å². The van der Waals surface area contributed by atoms with E-state index < -0.39 is 0 Å². The van der Waals surface area contributed by atoms with Crippen LogP contribution in [0.4, 0.5) is 5.95 Å². The van der Waals surface area contributed by atoms with Crippen molar-refractivity contribution in [3.05, 3.63) is 40.3 Å². The summed E-state index contributed by atoms with van der Waals surface area (Å²) in [6.07, 6.45) is 7.05. The molecule has 2 N–H and O–H groups in total. The number of carbonyl (C=O) groups is 1. The number of aromatic nitrogens is 3. The van der Waals surface area contributed by atoms with Crippen molar-refractivity contribution in [3.8, 4) is 0 Å². The van der Waals surface area contributed by atoms with Gasteiger partial charge in [0.1, 0.15) is 11.9 Å². The van der Waals surface area contributed by atoms with Gasteiger partial charge in [0.2, 0.25) is 5.95 Å². The fourth-order valence-corrected chi connectivity index (χ4v) is 4.14. The van der Waals surface area contributed by atoms with Crippen molar-refractivity contribution in [2.45, 2.75) is 57.6 Å². The first-order valence-electron chi connectivity index (χ1n) is 10.3. The Bertz CT molecular complexity index is 1100. The second kappa shape index (κ2) is 8.29. The Balaban J connectivity index is 1.93. The van der Waals surface area contributed by atoms with Crippen molar-refractivity contribution in [3.63, 3.8) is 0 Å². The molecule has 7 heteroatoms. The number of carbonyl (C=O) groups excluding carboxylic acids is 1. The number of fused-ring (bicyclic) bond motifs is 3. The average Bonchev–Trinajstić information content (AvgIpc) is 2.75. The van der Waals surface area contributed by atoms with E-state index in [1.807, 2.05) is 0 Å². The highest BCUT2D eigenvalue weighted by Gasteiger charge is 2.25.